The largest absolute Gasteiger partial charge is 0.497 e. The Hall–Kier alpha value is -5.03. The number of hydrogen-bond acceptors (Lipinski definition) is 7. The third-order valence-electron chi connectivity index (χ3n) is 8.03. The molecular weight excluding hydrogens is 630 g/mol. The Morgan fingerprint density at radius 2 is 1.42 bits per heavy atom. The van der Waals surface area contributed by atoms with Gasteiger partial charge in [-0.25, -0.2) is 8.42 Å². The fourth-order valence-electron chi connectivity index (χ4n) is 5.19. The zero-order valence-electron chi connectivity index (χ0n) is 28.0. The predicted octanol–water partition coefficient (Wildman–Crippen LogP) is 5.46. The van der Waals surface area contributed by atoms with Crippen LogP contribution < -0.4 is 23.8 Å². The third kappa shape index (κ3) is 8.86. The molecule has 0 saturated heterocycles. The van der Waals surface area contributed by atoms with E-state index in [0.717, 1.165) is 9.87 Å². The highest BCUT2D eigenvalue weighted by molar-refractivity contribution is 7.92. The van der Waals surface area contributed by atoms with Crippen molar-refractivity contribution in [2.75, 3.05) is 32.2 Å². The van der Waals surface area contributed by atoms with Gasteiger partial charge in [-0.2, -0.15) is 0 Å². The summed E-state index contributed by atoms with van der Waals surface area (Å²) < 4.78 is 45.9. The van der Waals surface area contributed by atoms with Gasteiger partial charge < -0.3 is 24.4 Å². The van der Waals surface area contributed by atoms with Crippen molar-refractivity contribution in [1.29, 1.82) is 0 Å². The second-order valence-corrected chi connectivity index (χ2v) is 13.1. The van der Waals surface area contributed by atoms with Crippen molar-refractivity contribution < 1.29 is 32.2 Å². The van der Waals surface area contributed by atoms with Gasteiger partial charge in [0.05, 0.1) is 31.9 Å². The first-order valence-corrected chi connectivity index (χ1v) is 17.1. The molecule has 0 heterocycles. The molecule has 2 amide bonds. The molecule has 0 radical (unpaired) electrons. The molecule has 0 aliphatic rings. The van der Waals surface area contributed by atoms with Gasteiger partial charge in [0.25, 0.3) is 10.0 Å². The maximum absolute atomic E-state index is 14.6. The summed E-state index contributed by atoms with van der Waals surface area (Å²) in [5, 5.41) is 3.04. The van der Waals surface area contributed by atoms with Gasteiger partial charge in [-0.1, -0.05) is 67.6 Å². The molecule has 11 heteroatoms. The van der Waals surface area contributed by atoms with E-state index in [1.54, 1.807) is 55.6 Å². The molecule has 0 bridgehead atoms. The molecule has 2 atom stereocenters. The number of methoxy groups -OCH3 is 3. The van der Waals surface area contributed by atoms with E-state index in [1.165, 1.54) is 37.3 Å². The zero-order chi connectivity index (χ0) is 34.7. The average molecular weight is 674 g/mol. The number of nitrogens with zero attached hydrogens (tertiary/aromatic N) is 2. The number of benzene rings is 4. The summed E-state index contributed by atoms with van der Waals surface area (Å²) in [5.74, 6) is 0.274. The highest BCUT2D eigenvalue weighted by Crippen LogP contribution is 2.32. The summed E-state index contributed by atoms with van der Waals surface area (Å²) >= 11 is 0. The number of ether oxygens (including phenoxy) is 3. The molecule has 0 spiro atoms. The number of nitrogens with one attached hydrogen (secondary N) is 1. The van der Waals surface area contributed by atoms with E-state index in [2.05, 4.69) is 5.32 Å². The molecule has 0 aliphatic carbocycles. The maximum Gasteiger partial charge on any atom is 0.264 e. The van der Waals surface area contributed by atoms with Gasteiger partial charge in [-0.15, -0.1) is 0 Å². The van der Waals surface area contributed by atoms with Crippen LogP contribution in [-0.4, -0.2) is 65.1 Å². The molecule has 0 saturated carbocycles. The number of para-hydroxylation sites is 1. The Morgan fingerprint density at radius 1 is 0.771 bits per heavy atom. The van der Waals surface area contributed by atoms with Gasteiger partial charge in [-0.05, 0) is 60.9 Å². The minimum absolute atomic E-state index is 0.0283. The first-order valence-electron chi connectivity index (χ1n) is 15.7. The van der Waals surface area contributed by atoms with Crippen molar-refractivity contribution in [3.8, 4) is 17.2 Å². The van der Waals surface area contributed by atoms with Crippen molar-refractivity contribution >= 4 is 27.5 Å². The van der Waals surface area contributed by atoms with E-state index in [4.69, 9.17) is 14.2 Å². The highest BCUT2D eigenvalue weighted by atomic mass is 32.2. The quantitative estimate of drug-likeness (QED) is 0.168. The topological polar surface area (TPSA) is 114 Å². The van der Waals surface area contributed by atoms with Crippen LogP contribution in [0.2, 0.25) is 0 Å². The molecule has 0 fully saturated rings. The second kappa shape index (κ2) is 16.7. The first kappa shape index (κ1) is 35.8. The Morgan fingerprint density at radius 3 is 2.04 bits per heavy atom. The van der Waals surface area contributed by atoms with Crippen molar-refractivity contribution in [2.45, 2.75) is 50.2 Å². The molecule has 0 aromatic heterocycles. The van der Waals surface area contributed by atoms with Crippen molar-refractivity contribution in [2.24, 2.45) is 0 Å². The van der Waals surface area contributed by atoms with Crippen LogP contribution >= 0.6 is 0 Å². The molecule has 0 aliphatic heterocycles. The van der Waals surface area contributed by atoms with Crippen LogP contribution in [0, 0.1) is 0 Å². The maximum atomic E-state index is 14.6. The molecule has 48 heavy (non-hydrogen) atoms. The van der Waals surface area contributed by atoms with Crippen molar-refractivity contribution in [1.82, 2.24) is 10.2 Å². The summed E-state index contributed by atoms with van der Waals surface area (Å²) in [4.78, 5) is 30.0. The smallest absolute Gasteiger partial charge is 0.264 e. The van der Waals surface area contributed by atoms with E-state index in [0.29, 0.717) is 23.5 Å². The molecular formula is C37H43N3O7S. The number of rotatable bonds is 16. The second-order valence-electron chi connectivity index (χ2n) is 11.3. The van der Waals surface area contributed by atoms with Gasteiger partial charge in [0.15, 0.2) is 11.5 Å². The summed E-state index contributed by atoms with van der Waals surface area (Å²) in [6.45, 7) is 3.32. The normalized spacial score (nSPS) is 12.4. The van der Waals surface area contributed by atoms with E-state index in [9.17, 15) is 18.0 Å². The van der Waals surface area contributed by atoms with Crippen molar-refractivity contribution in [3.63, 3.8) is 0 Å². The molecule has 0 unspecified atom stereocenters. The van der Waals surface area contributed by atoms with Gasteiger partial charge in [0, 0.05) is 25.1 Å². The number of hydrogen-bond donors (Lipinski definition) is 1. The molecule has 1 N–H and O–H groups in total. The Bertz CT molecular complexity index is 1770. The van der Waals surface area contributed by atoms with Crippen LogP contribution in [0.3, 0.4) is 0 Å². The lowest BCUT2D eigenvalue weighted by molar-refractivity contribution is -0.140. The molecule has 4 aromatic rings. The lowest BCUT2D eigenvalue weighted by Gasteiger charge is -2.34. The van der Waals surface area contributed by atoms with E-state index < -0.39 is 28.5 Å². The molecule has 4 rings (SSSR count). The number of carbonyl (C=O) groups excluding carboxylic acids is 2. The average Bonchev–Trinajstić information content (AvgIpc) is 3.12. The standard InChI is InChI=1S/C37H43N3O7S/c1-6-27(2)38-37(42)33(23-28-14-9-7-10-15-28)39(25-29-16-13-19-31(22-29)45-3)36(41)26-40(30-17-11-8-12-18-30)48(43,44)32-20-21-34(46-4)35(24-32)47-5/h7-22,24,27,33H,6,23,25-26H2,1-5H3,(H,38,42)/t27-,33+/m0/s1. The highest BCUT2D eigenvalue weighted by Gasteiger charge is 2.35. The third-order valence-corrected chi connectivity index (χ3v) is 9.80. The van der Waals surface area contributed by atoms with Crippen LogP contribution in [0.25, 0.3) is 0 Å². The summed E-state index contributed by atoms with van der Waals surface area (Å²) in [5.41, 5.74) is 1.85. The van der Waals surface area contributed by atoms with E-state index in [-0.39, 0.29) is 41.2 Å². The van der Waals surface area contributed by atoms with Gasteiger partial charge in [0.2, 0.25) is 11.8 Å². The van der Waals surface area contributed by atoms with Gasteiger partial charge >= 0.3 is 0 Å². The van der Waals surface area contributed by atoms with Crippen molar-refractivity contribution in [3.05, 3.63) is 114 Å². The predicted molar refractivity (Wildman–Crippen MR) is 186 cm³/mol. The summed E-state index contributed by atoms with van der Waals surface area (Å²) in [6, 6.07) is 28.2. The fourth-order valence-corrected chi connectivity index (χ4v) is 6.62. The van der Waals surface area contributed by atoms with Gasteiger partial charge in [-0.3, -0.25) is 13.9 Å². The number of sulfonamides is 1. The monoisotopic (exact) mass is 673 g/mol. The minimum atomic E-state index is -4.32. The fraction of sp³-hybridized carbons (Fsp3) is 0.297. The van der Waals surface area contributed by atoms with Crippen LogP contribution in [0.15, 0.2) is 108 Å². The summed E-state index contributed by atoms with van der Waals surface area (Å²) in [6.07, 6.45) is 0.908. The van der Waals surface area contributed by atoms with E-state index >= 15 is 0 Å². The number of anilines is 1. The number of carbonyl (C=O) groups is 2. The van der Waals surface area contributed by atoms with Crippen LogP contribution in [-0.2, 0) is 32.6 Å². The van der Waals surface area contributed by atoms with Gasteiger partial charge in [0.1, 0.15) is 18.3 Å². The van der Waals surface area contributed by atoms with E-state index in [1.807, 2.05) is 50.2 Å². The Kier molecular flexibility index (Phi) is 12.5. The molecule has 10 nitrogen and oxygen atoms in total. The van der Waals surface area contributed by atoms with Crippen LogP contribution in [0.5, 0.6) is 17.2 Å². The number of amides is 2. The zero-order valence-corrected chi connectivity index (χ0v) is 28.8. The minimum Gasteiger partial charge on any atom is -0.497 e. The molecule has 254 valence electrons. The first-order chi connectivity index (χ1) is 23.1. The lowest BCUT2D eigenvalue weighted by atomic mass is 10.0. The van der Waals surface area contributed by atoms with Crippen LogP contribution in [0.1, 0.15) is 31.4 Å². The molecule has 4 aromatic carbocycles. The SMILES string of the molecule is CC[C@H](C)NC(=O)[C@@H](Cc1ccccc1)N(Cc1cccc(OC)c1)C(=O)CN(c1ccccc1)S(=O)(=O)c1ccc(OC)c(OC)c1. The van der Waals surface area contributed by atoms with Crippen LogP contribution in [0.4, 0.5) is 5.69 Å². The Balaban J connectivity index is 1.82. The summed E-state index contributed by atoms with van der Waals surface area (Å²) in [7, 11) is 0.107. The lowest BCUT2D eigenvalue weighted by Crippen LogP contribution is -2.54. The Labute approximate surface area is 283 Å².